The Morgan fingerprint density at radius 2 is 2.15 bits per heavy atom. The van der Waals surface area contributed by atoms with Crippen LogP contribution in [0.15, 0.2) is 12.1 Å². The number of aryl methyl sites for hydroxylation is 1. The van der Waals surface area contributed by atoms with E-state index in [1.54, 1.807) is 6.07 Å². The van der Waals surface area contributed by atoms with Crippen molar-refractivity contribution < 1.29 is 4.79 Å². The minimum Gasteiger partial charge on any atom is -0.337 e. The topological polar surface area (TPSA) is 74.5 Å². The summed E-state index contributed by atoms with van der Waals surface area (Å²) in [4.78, 5) is 21.1. The van der Waals surface area contributed by atoms with Crippen LogP contribution in [0.5, 0.6) is 0 Å². The van der Waals surface area contributed by atoms with E-state index in [1.807, 2.05) is 17.9 Å². The van der Waals surface area contributed by atoms with Gasteiger partial charge in [0, 0.05) is 30.9 Å². The Labute approximate surface area is 119 Å². The van der Waals surface area contributed by atoms with Crippen LogP contribution in [-0.2, 0) is 6.42 Å². The second-order valence-corrected chi connectivity index (χ2v) is 5.18. The standard InChI is InChI=1S/C14H23N5O/c1-3-12-9-11(10-13(16-12)17-15)14(20)19-6-4-5-18(2)7-8-19/h9-10H,3-8,15H2,1-2H3,(H,16,17). The Morgan fingerprint density at radius 1 is 1.35 bits per heavy atom. The third-order valence-electron chi connectivity index (χ3n) is 3.64. The van der Waals surface area contributed by atoms with Gasteiger partial charge in [0.05, 0.1) is 0 Å². The highest BCUT2D eigenvalue weighted by Crippen LogP contribution is 2.14. The van der Waals surface area contributed by atoms with Crippen LogP contribution in [0.4, 0.5) is 5.82 Å². The Kier molecular flexibility index (Phi) is 4.92. The molecular weight excluding hydrogens is 254 g/mol. The van der Waals surface area contributed by atoms with Crippen molar-refractivity contribution in [1.82, 2.24) is 14.8 Å². The van der Waals surface area contributed by atoms with E-state index >= 15 is 0 Å². The molecule has 1 aromatic heterocycles. The van der Waals surface area contributed by atoms with Gasteiger partial charge in [0.1, 0.15) is 5.82 Å². The lowest BCUT2D eigenvalue weighted by molar-refractivity contribution is 0.0762. The number of nitrogens with one attached hydrogen (secondary N) is 1. The molecule has 0 unspecified atom stereocenters. The van der Waals surface area contributed by atoms with Gasteiger partial charge in [-0.3, -0.25) is 4.79 Å². The maximum absolute atomic E-state index is 12.6. The molecule has 2 rings (SSSR count). The molecule has 1 amide bonds. The third-order valence-corrected chi connectivity index (χ3v) is 3.64. The summed E-state index contributed by atoms with van der Waals surface area (Å²) in [5.41, 5.74) is 4.06. The molecule has 0 bridgehead atoms. The molecule has 110 valence electrons. The molecule has 1 aliphatic rings. The lowest BCUT2D eigenvalue weighted by Gasteiger charge is -2.21. The molecule has 3 N–H and O–H groups in total. The second kappa shape index (κ2) is 6.67. The van der Waals surface area contributed by atoms with Gasteiger partial charge in [-0.05, 0) is 38.6 Å². The minimum atomic E-state index is 0.0638. The number of hydrogen-bond donors (Lipinski definition) is 2. The predicted octanol–water partition coefficient (Wildman–Crippen LogP) is 0.707. The largest absolute Gasteiger partial charge is 0.337 e. The number of nitrogens with two attached hydrogens (primary N) is 1. The molecule has 1 saturated heterocycles. The molecule has 0 spiro atoms. The van der Waals surface area contributed by atoms with Crippen LogP contribution < -0.4 is 11.3 Å². The molecule has 0 radical (unpaired) electrons. The number of anilines is 1. The van der Waals surface area contributed by atoms with Gasteiger partial charge in [-0.2, -0.15) is 0 Å². The van der Waals surface area contributed by atoms with Crippen LogP contribution in [0.2, 0.25) is 0 Å². The number of nitrogens with zero attached hydrogens (tertiary/aromatic N) is 3. The number of aromatic nitrogens is 1. The summed E-state index contributed by atoms with van der Waals surface area (Å²) in [6.07, 6.45) is 1.79. The van der Waals surface area contributed by atoms with Crippen LogP contribution in [0.1, 0.15) is 29.4 Å². The molecule has 0 aromatic carbocycles. The summed E-state index contributed by atoms with van der Waals surface area (Å²) < 4.78 is 0. The van der Waals surface area contributed by atoms with Gasteiger partial charge in [-0.15, -0.1) is 0 Å². The quantitative estimate of drug-likeness (QED) is 0.628. The first kappa shape index (κ1) is 14.7. The second-order valence-electron chi connectivity index (χ2n) is 5.18. The van der Waals surface area contributed by atoms with E-state index in [2.05, 4.69) is 22.4 Å². The first-order valence-electron chi connectivity index (χ1n) is 7.09. The zero-order valence-corrected chi connectivity index (χ0v) is 12.2. The van der Waals surface area contributed by atoms with Crippen LogP contribution in [-0.4, -0.2) is 53.9 Å². The number of hydrogen-bond acceptors (Lipinski definition) is 5. The number of rotatable bonds is 3. The molecule has 1 fully saturated rings. The number of likely N-dealkylation sites (N-methyl/N-ethyl adjacent to an activating group) is 1. The Balaban J connectivity index is 2.19. The highest BCUT2D eigenvalue weighted by molar-refractivity contribution is 5.95. The van der Waals surface area contributed by atoms with Crippen molar-refractivity contribution in [2.24, 2.45) is 5.84 Å². The van der Waals surface area contributed by atoms with E-state index < -0.39 is 0 Å². The number of hydrazine groups is 1. The van der Waals surface area contributed by atoms with Crippen LogP contribution in [0, 0.1) is 0 Å². The fraction of sp³-hybridized carbons (Fsp3) is 0.571. The average Bonchev–Trinajstić information content (AvgIpc) is 2.70. The van der Waals surface area contributed by atoms with Crippen LogP contribution in [0.25, 0.3) is 0 Å². The zero-order chi connectivity index (χ0) is 14.5. The van der Waals surface area contributed by atoms with Gasteiger partial charge in [0.15, 0.2) is 0 Å². The normalized spacial score (nSPS) is 16.9. The van der Waals surface area contributed by atoms with Crippen LogP contribution >= 0.6 is 0 Å². The van der Waals surface area contributed by atoms with E-state index in [1.165, 1.54) is 0 Å². The van der Waals surface area contributed by atoms with Crippen molar-refractivity contribution in [3.05, 3.63) is 23.4 Å². The van der Waals surface area contributed by atoms with Crippen molar-refractivity contribution in [2.45, 2.75) is 19.8 Å². The lowest BCUT2D eigenvalue weighted by atomic mass is 10.1. The molecule has 6 nitrogen and oxygen atoms in total. The molecule has 1 aromatic rings. The predicted molar refractivity (Wildman–Crippen MR) is 79.4 cm³/mol. The molecular formula is C14H23N5O. The summed E-state index contributed by atoms with van der Waals surface area (Å²) >= 11 is 0. The SMILES string of the molecule is CCc1cc(C(=O)N2CCCN(C)CC2)cc(NN)n1. The fourth-order valence-electron chi connectivity index (χ4n) is 2.40. The van der Waals surface area contributed by atoms with Gasteiger partial charge in [-0.1, -0.05) is 6.92 Å². The highest BCUT2D eigenvalue weighted by atomic mass is 16.2. The summed E-state index contributed by atoms with van der Waals surface area (Å²) in [5.74, 6) is 6.03. The van der Waals surface area contributed by atoms with Crippen LogP contribution in [0.3, 0.4) is 0 Å². The number of carbonyl (C=O) groups is 1. The highest BCUT2D eigenvalue weighted by Gasteiger charge is 2.19. The monoisotopic (exact) mass is 277 g/mol. The maximum Gasteiger partial charge on any atom is 0.254 e. The zero-order valence-electron chi connectivity index (χ0n) is 12.2. The number of nitrogen functional groups attached to an aromatic ring is 1. The Morgan fingerprint density at radius 3 is 2.85 bits per heavy atom. The van der Waals surface area contributed by atoms with E-state index in [0.29, 0.717) is 11.4 Å². The Hall–Kier alpha value is -1.66. The summed E-state index contributed by atoms with van der Waals surface area (Å²) in [7, 11) is 2.09. The van der Waals surface area contributed by atoms with E-state index in [-0.39, 0.29) is 5.91 Å². The molecule has 0 saturated carbocycles. The molecule has 1 aliphatic heterocycles. The Bertz CT molecular complexity index is 454. The summed E-state index contributed by atoms with van der Waals surface area (Å²) in [5, 5.41) is 0. The molecule has 0 aliphatic carbocycles. The van der Waals surface area contributed by atoms with Crippen molar-refractivity contribution >= 4 is 11.7 Å². The first-order valence-corrected chi connectivity index (χ1v) is 7.09. The smallest absolute Gasteiger partial charge is 0.254 e. The van der Waals surface area contributed by atoms with E-state index in [4.69, 9.17) is 5.84 Å². The van der Waals surface area contributed by atoms with Gasteiger partial charge in [-0.25, -0.2) is 10.8 Å². The van der Waals surface area contributed by atoms with Crippen molar-refractivity contribution in [1.29, 1.82) is 0 Å². The molecule has 2 heterocycles. The molecule has 6 heteroatoms. The fourth-order valence-corrected chi connectivity index (χ4v) is 2.40. The lowest BCUT2D eigenvalue weighted by Crippen LogP contribution is -2.34. The van der Waals surface area contributed by atoms with Gasteiger partial charge < -0.3 is 15.2 Å². The third kappa shape index (κ3) is 3.46. The minimum absolute atomic E-state index is 0.0638. The number of amides is 1. The van der Waals surface area contributed by atoms with Crippen molar-refractivity contribution in [2.75, 3.05) is 38.7 Å². The summed E-state index contributed by atoms with van der Waals surface area (Å²) in [6, 6.07) is 3.58. The van der Waals surface area contributed by atoms with Gasteiger partial charge in [0.25, 0.3) is 5.91 Å². The van der Waals surface area contributed by atoms with Crippen molar-refractivity contribution in [3.63, 3.8) is 0 Å². The van der Waals surface area contributed by atoms with E-state index in [9.17, 15) is 4.79 Å². The molecule has 20 heavy (non-hydrogen) atoms. The number of carbonyl (C=O) groups excluding carboxylic acids is 1. The number of pyridine rings is 1. The van der Waals surface area contributed by atoms with Crippen molar-refractivity contribution in [3.8, 4) is 0 Å². The average molecular weight is 277 g/mol. The van der Waals surface area contributed by atoms with Gasteiger partial charge in [0.2, 0.25) is 0 Å². The van der Waals surface area contributed by atoms with Gasteiger partial charge >= 0.3 is 0 Å². The maximum atomic E-state index is 12.6. The summed E-state index contributed by atoms with van der Waals surface area (Å²) in [6.45, 7) is 5.54. The van der Waals surface area contributed by atoms with E-state index in [0.717, 1.165) is 44.7 Å². The first-order chi connectivity index (χ1) is 9.63. The molecule has 0 atom stereocenters.